The van der Waals surface area contributed by atoms with Gasteiger partial charge in [-0.15, -0.1) is 13.2 Å². The molecule has 0 saturated carbocycles. The fourth-order valence-electron chi connectivity index (χ4n) is 1.97. The van der Waals surface area contributed by atoms with Crippen molar-refractivity contribution in [2.24, 2.45) is 0 Å². The Labute approximate surface area is 121 Å². The van der Waals surface area contributed by atoms with Crippen LogP contribution in [0.4, 0.5) is 13.2 Å². The average Bonchev–Trinajstić information content (AvgIpc) is 2.45. The van der Waals surface area contributed by atoms with Crippen LogP contribution in [0.15, 0.2) is 54.6 Å². The van der Waals surface area contributed by atoms with Gasteiger partial charge in [-0.1, -0.05) is 48.5 Å². The van der Waals surface area contributed by atoms with Gasteiger partial charge < -0.3 is 10.1 Å². The van der Waals surface area contributed by atoms with Crippen molar-refractivity contribution in [1.29, 1.82) is 0 Å². The van der Waals surface area contributed by atoms with Gasteiger partial charge in [0.05, 0.1) is 0 Å². The van der Waals surface area contributed by atoms with Crippen molar-refractivity contribution in [2.45, 2.75) is 19.3 Å². The van der Waals surface area contributed by atoms with Crippen LogP contribution < -0.4 is 10.1 Å². The lowest BCUT2D eigenvalue weighted by molar-refractivity contribution is -0.274. The third-order valence-electron chi connectivity index (χ3n) is 2.95. The summed E-state index contributed by atoms with van der Waals surface area (Å²) in [6, 6.07) is 16.1. The molecule has 2 rings (SSSR count). The second-order valence-electron chi connectivity index (χ2n) is 4.57. The Bertz CT molecular complexity index is 555. The van der Waals surface area contributed by atoms with Crippen LogP contribution in [0.1, 0.15) is 11.1 Å². The van der Waals surface area contributed by atoms with Crippen molar-refractivity contribution in [1.82, 2.24) is 5.32 Å². The number of hydrogen-bond donors (Lipinski definition) is 1. The molecule has 21 heavy (non-hydrogen) atoms. The maximum atomic E-state index is 12.3. The van der Waals surface area contributed by atoms with Crippen molar-refractivity contribution in [3.05, 3.63) is 65.7 Å². The van der Waals surface area contributed by atoms with Crippen LogP contribution in [0.5, 0.6) is 5.75 Å². The summed E-state index contributed by atoms with van der Waals surface area (Å²) in [5.41, 5.74) is 1.67. The molecule has 1 N–H and O–H groups in total. The summed E-state index contributed by atoms with van der Waals surface area (Å²) in [4.78, 5) is 0. The molecule has 0 unspecified atom stereocenters. The van der Waals surface area contributed by atoms with Crippen molar-refractivity contribution in [3.63, 3.8) is 0 Å². The zero-order valence-electron chi connectivity index (χ0n) is 11.4. The number of halogens is 3. The Hall–Kier alpha value is -2.01. The van der Waals surface area contributed by atoms with E-state index in [1.54, 1.807) is 12.1 Å². The molecule has 0 aliphatic heterocycles. The molecule has 0 spiro atoms. The van der Waals surface area contributed by atoms with Gasteiger partial charge in [0.25, 0.3) is 0 Å². The maximum Gasteiger partial charge on any atom is 0.573 e. The number of hydrogen-bond acceptors (Lipinski definition) is 2. The van der Waals surface area contributed by atoms with E-state index < -0.39 is 6.36 Å². The standard InChI is InChI=1S/C16H16F3NO/c17-16(18,19)21-15-9-5-4-8-14(15)12-20-11-10-13-6-2-1-3-7-13/h1-9,20H,10-12H2. The first-order valence-electron chi connectivity index (χ1n) is 6.63. The van der Waals surface area contributed by atoms with E-state index in [0.29, 0.717) is 18.7 Å². The lowest BCUT2D eigenvalue weighted by atomic mass is 10.1. The summed E-state index contributed by atoms with van der Waals surface area (Å²) in [6.07, 6.45) is -3.84. The van der Waals surface area contributed by atoms with Crippen LogP contribution in [0.25, 0.3) is 0 Å². The molecule has 0 aliphatic rings. The van der Waals surface area contributed by atoms with Crippen molar-refractivity contribution in [2.75, 3.05) is 6.54 Å². The number of benzene rings is 2. The van der Waals surface area contributed by atoms with Crippen molar-refractivity contribution in [3.8, 4) is 5.75 Å². The van der Waals surface area contributed by atoms with Gasteiger partial charge in [0, 0.05) is 12.1 Å². The highest BCUT2D eigenvalue weighted by Crippen LogP contribution is 2.25. The monoisotopic (exact) mass is 295 g/mol. The first-order chi connectivity index (χ1) is 10.0. The number of ether oxygens (including phenoxy) is 1. The van der Waals surface area contributed by atoms with Gasteiger partial charge in [0.1, 0.15) is 5.75 Å². The topological polar surface area (TPSA) is 21.3 Å². The number of alkyl halides is 3. The van der Waals surface area contributed by atoms with E-state index >= 15 is 0 Å². The zero-order chi connectivity index (χ0) is 15.1. The summed E-state index contributed by atoms with van der Waals surface area (Å²) >= 11 is 0. The summed E-state index contributed by atoms with van der Waals surface area (Å²) < 4.78 is 40.9. The van der Waals surface area contributed by atoms with E-state index in [4.69, 9.17) is 0 Å². The van der Waals surface area contributed by atoms with E-state index in [-0.39, 0.29) is 5.75 Å². The molecular weight excluding hydrogens is 279 g/mol. The Morgan fingerprint density at radius 3 is 2.29 bits per heavy atom. The number of para-hydroxylation sites is 1. The van der Waals surface area contributed by atoms with Crippen LogP contribution in [0.3, 0.4) is 0 Å². The number of nitrogens with one attached hydrogen (secondary N) is 1. The Morgan fingerprint density at radius 2 is 1.57 bits per heavy atom. The molecule has 0 amide bonds. The van der Waals surface area contributed by atoms with Gasteiger partial charge >= 0.3 is 6.36 Å². The normalized spacial score (nSPS) is 11.4. The van der Waals surface area contributed by atoms with Crippen LogP contribution in [-0.2, 0) is 13.0 Å². The third kappa shape index (κ3) is 5.47. The molecule has 112 valence electrons. The summed E-state index contributed by atoms with van der Waals surface area (Å²) in [5.74, 6) is -0.155. The molecule has 0 aliphatic carbocycles. The maximum absolute atomic E-state index is 12.3. The van der Waals surface area contributed by atoms with Crippen LogP contribution >= 0.6 is 0 Å². The van der Waals surface area contributed by atoms with Gasteiger partial charge in [-0.3, -0.25) is 0 Å². The highest BCUT2D eigenvalue weighted by atomic mass is 19.4. The molecule has 0 atom stereocenters. The molecule has 2 aromatic carbocycles. The molecule has 2 aromatic rings. The van der Waals surface area contributed by atoms with Crippen LogP contribution in [-0.4, -0.2) is 12.9 Å². The average molecular weight is 295 g/mol. The lowest BCUT2D eigenvalue weighted by Gasteiger charge is -2.13. The molecule has 0 bridgehead atoms. The molecule has 0 heterocycles. The molecule has 0 saturated heterocycles. The highest BCUT2D eigenvalue weighted by Gasteiger charge is 2.31. The number of rotatable bonds is 6. The third-order valence-corrected chi connectivity index (χ3v) is 2.95. The minimum absolute atomic E-state index is 0.155. The largest absolute Gasteiger partial charge is 0.573 e. The predicted octanol–water partition coefficient (Wildman–Crippen LogP) is 3.92. The van der Waals surface area contributed by atoms with Gasteiger partial charge in [-0.25, -0.2) is 0 Å². The summed E-state index contributed by atoms with van der Waals surface area (Å²) in [7, 11) is 0. The van der Waals surface area contributed by atoms with E-state index in [0.717, 1.165) is 6.42 Å². The molecule has 0 aromatic heterocycles. The van der Waals surface area contributed by atoms with E-state index in [1.165, 1.54) is 17.7 Å². The summed E-state index contributed by atoms with van der Waals surface area (Å²) in [5, 5.41) is 3.13. The van der Waals surface area contributed by atoms with E-state index in [1.807, 2.05) is 30.3 Å². The molecule has 5 heteroatoms. The predicted molar refractivity (Wildman–Crippen MR) is 75.0 cm³/mol. The van der Waals surface area contributed by atoms with Gasteiger partial charge in [-0.2, -0.15) is 0 Å². The first-order valence-corrected chi connectivity index (χ1v) is 6.63. The lowest BCUT2D eigenvalue weighted by Crippen LogP contribution is -2.21. The van der Waals surface area contributed by atoms with Gasteiger partial charge in [0.2, 0.25) is 0 Å². The molecule has 0 fully saturated rings. The Morgan fingerprint density at radius 1 is 0.905 bits per heavy atom. The van der Waals surface area contributed by atoms with E-state index in [2.05, 4.69) is 10.1 Å². The Kier molecular flexibility index (Phi) is 5.22. The van der Waals surface area contributed by atoms with Crippen LogP contribution in [0.2, 0.25) is 0 Å². The van der Waals surface area contributed by atoms with Crippen molar-refractivity contribution >= 4 is 0 Å². The zero-order valence-corrected chi connectivity index (χ0v) is 11.4. The quantitative estimate of drug-likeness (QED) is 0.816. The molecule has 2 nitrogen and oxygen atoms in total. The van der Waals surface area contributed by atoms with Gasteiger partial charge in [0.15, 0.2) is 0 Å². The minimum Gasteiger partial charge on any atom is -0.405 e. The fourth-order valence-corrected chi connectivity index (χ4v) is 1.97. The fraction of sp³-hybridized carbons (Fsp3) is 0.250. The minimum atomic E-state index is -4.67. The van der Waals surface area contributed by atoms with E-state index in [9.17, 15) is 13.2 Å². The SMILES string of the molecule is FC(F)(F)Oc1ccccc1CNCCc1ccccc1. The van der Waals surface area contributed by atoms with Gasteiger partial charge in [-0.05, 0) is 24.6 Å². The highest BCUT2D eigenvalue weighted by molar-refractivity contribution is 5.33. The second kappa shape index (κ2) is 7.13. The van der Waals surface area contributed by atoms with Crippen molar-refractivity contribution < 1.29 is 17.9 Å². The summed E-state index contributed by atoms with van der Waals surface area (Å²) in [6.45, 7) is 1.02. The Balaban J connectivity index is 1.86. The smallest absolute Gasteiger partial charge is 0.405 e. The molecule has 0 radical (unpaired) electrons. The van der Waals surface area contributed by atoms with Crippen LogP contribution in [0, 0.1) is 0 Å². The first kappa shape index (κ1) is 15.4. The molecular formula is C16H16F3NO. The second-order valence-corrected chi connectivity index (χ2v) is 4.57.